The molecule has 5 rings (SSSR count). The number of carbonyl (C=O) groups excluding carboxylic acids is 1. The first kappa shape index (κ1) is 21.2. The van der Waals surface area contributed by atoms with Crippen LogP contribution in [0, 0.1) is 6.92 Å². The van der Waals surface area contributed by atoms with Crippen LogP contribution < -0.4 is 11.0 Å². The average molecular weight is 447 g/mol. The first-order chi connectivity index (χ1) is 16.5. The Labute approximate surface area is 196 Å². The summed E-state index contributed by atoms with van der Waals surface area (Å²) in [5.74, 6) is -0.315. The van der Waals surface area contributed by atoms with Gasteiger partial charge in [-0.25, -0.2) is 4.79 Å². The lowest BCUT2D eigenvalue weighted by Gasteiger charge is -2.07. The molecular formula is C28H22N4O2. The third-order valence-corrected chi connectivity index (χ3v) is 5.68. The van der Waals surface area contributed by atoms with Crippen molar-refractivity contribution in [1.29, 1.82) is 0 Å². The summed E-state index contributed by atoms with van der Waals surface area (Å²) in [4.78, 5) is 29.7. The maximum atomic E-state index is 13.7. The van der Waals surface area contributed by atoms with Crippen LogP contribution in [0.4, 0.5) is 5.69 Å². The van der Waals surface area contributed by atoms with Crippen LogP contribution in [-0.4, -0.2) is 20.0 Å². The highest BCUT2D eigenvalue weighted by Gasteiger charge is 2.16. The average Bonchev–Trinajstić information content (AvgIpc) is 3.16. The number of benzene rings is 3. The molecule has 6 nitrogen and oxygen atoms in total. The van der Waals surface area contributed by atoms with Gasteiger partial charge in [0.2, 0.25) is 5.91 Å². The van der Waals surface area contributed by atoms with Crippen molar-refractivity contribution in [3.05, 3.63) is 120 Å². The van der Waals surface area contributed by atoms with E-state index in [4.69, 9.17) is 0 Å². The van der Waals surface area contributed by atoms with Crippen molar-refractivity contribution in [2.75, 3.05) is 5.32 Å². The fraction of sp³-hybridized carbons (Fsp3) is 0.0357. The van der Waals surface area contributed by atoms with Crippen LogP contribution in [0.2, 0.25) is 0 Å². The van der Waals surface area contributed by atoms with Crippen molar-refractivity contribution in [3.63, 3.8) is 0 Å². The van der Waals surface area contributed by atoms with Crippen LogP contribution in [0.15, 0.2) is 109 Å². The van der Waals surface area contributed by atoms with E-state index in [-0.39, 0.29) is 11.6 Å². The summed E-state index contributed by atoms with van der Waals surface area (Å²) in [7, 11) is 0. The second kappa shape index (κ2) is 8.67. The van der Waals surface area contributed by atoms with Crippen LogP contribution in [0.25, 0.3) is 33.5 Å². The summed E-state index contributed by atoms with van der Waals surface area (Å²) < 4.78 is 3.27. The minimum Gasteiger partial charge on any atom is -0.322 e. The maximum Gasteiger partial charge on any atom is 0.338 e. The van der Waals surface area contributed by atoms with Gasteiger partial charge < -0.3 is 5.32 Å². The number of amides is 1. The lowest BCUT2D eigenvalue weighted by atomic mass is 10.0. The zero-order chi connectivity index (χ0) is 23.7. The molecule has 0 radical (unpaired) electrons. The number of pyridine rings is 1. The van der Waals surface area contributed by atoms with E-state index in [1.807, 2.05) is 42.5 Å². The number of hydrogen-bond donors (Lipinski definition) is 1. The van der Waals surface area contributed by atoms with Gasteiger partial charge in [-0.2, -0.15) is 0 Å². The summed E-state index contributed by atoms with van der Waals surface area (Å²) in [5, 5.41) is 2.74. The Balaban J connectivity index is 1.63. The second-order valence-electron chi connectivity index (χ2n) is 7.98. The van der Waals surface area contributed by atoms with Crippen molar-refractivity contribution >= 4 is 22.6 Å². The van der Waals surface area contributed by atoms with E-state index in [0.29, 0.717) is 16.9 Å². The number of rotatable bonds is 5. The first-order valence-electron chi connectivity index (χ1n) is 10.8. The Kier molecular flexibility index (Phi) is 5.40. The Bertz CT molecular complexity index is 1590. The molecule has 0 spiro atoms. The van der Waals surface area contributed by atoms with Gasteiger partial charge in [0.1, 0.15) is 0 Å². The smallest absolute Gasteiger partial charge is 0.322 e. The molecular weight excluding hydrogens is 424 g/mol. The standard InChI is InChI=1S/C28H22N4O2/c1-3-27(33)30-22-8-5-9-24(17-22)32-25-14-15-29-18-26(25)31(28(32)34)23-12-10-20(11-13-23)21-7-4-6-19(2)16-21/h3-18H,1H2,2H3,(H,30,33). The van der Waals surface area contributed by atoms with Crippen LogP contribution in [0.5, 0.6) is 0 Å². The largest absolute Gasteiger partial charge is 0.338 e. The zero-order valence-electron chi connectivity index (χ0n) is 18.6. The number of aromatic nitrogens is 3. The third kappa shape index (κ3) is 3.82. The summed E-state index contributed by atoms with van der Waals surface area (Å²) in [6.45, 7) is 5.55. The molecule has 2 heterocycles. The third-order valence-electron chi connectivity index (χ3n) is 5.68. The molecule has 0 atom stereocenters. The Hall–Kier alpha value is -4.71. The molecule has 6 heteroatoms. The molecule has 1 N–H and O–H groups in total. The van der Waals surface area contributed by atoms with Gasteiger partial charge in [-0.15, -0.1) is 0 Å². The molecule has 0 saturated heterocycles. The summed E-state index contributed by atoms with van der Waals surface area (Å²) in [5.41, 5.74) is 6.54. The van der Waals surface area contributed by atoms with E-state index in [1.165, 1.54) is 11.6 Å². The van der Waals surface area contributed by atoms with Gasteiger partial charge in [0.05, 0.1) is 28.6 Å². The molecule has 1 amide bonds. The lowest BCUT2D eigenvalue weighted by molar-refractivity contribution is -0.111. The predicted molar refractivity (Wildman–Crippen MR) is 136 cm³/mol. The van der Waals surface area contributed by atoms with Gasteiger partial charge in [0, 0.05) is 11.9 Å². The predicted octanol–water partition coefficient (Wildman–Crippen LogP) is 5.28. The number of carbonyl (C=O) groups is 1. The summed E-state index contributed by atoms with van der Waals surface area (Å²) >= 11 is 0. The van der Waals surface area contributed by atoms with E-state index >= 15 is 0 Å². The minimum atomic E-state index is -0.315. The molecule has 0 aliphatic heterocycles. The second-order valence-corrected chi connectivity index (χ2v) is 7.98. The molecule has 3 aromatic carbocycles. The molecule has 0 bridgehead atoms. The highest BCUT2D eigenvalue weighted by Crippen LogP contribution is 2.25. The first-order valence-corrected chi connectivity index (χ1v) is 10.8. The van der Waals surface area contributed by atoms with Gasteiger partial charge in [-0.3, -0.25) is 18.9 Å². The number of nitrogens with one attached hydrogen (secondary N) is 1. The van der Waals surface area contributed by atoms with Gasteiger partial charge in [-0.1, -0.05) is 54.6 Å². The molecule has 2 aromatic heterocycles. The highest BCUT2D eigenvalue weighted by atomic mass is 16.2. The molecule has 0 saturated carbocycles. The van der Waals surface area contributed by atoms with Crippen LogP contribution in [-0.2, 0) is 4.79 Å². The van der Waals surface area contributed by atoms with Crippen molar-refractivity contribution in [2.45, 2.75) is 6.92 Å². The van der Waals surface area contributed by atoms with Gasteiger partial charge >= 0.3 is 5.69 Å². The number of imidazole rings is 1. The van der Waals surface area contributed by atoms with E-state index in [1.54, 1.807) is 39.7 Å². The van der Waals surface area contributed by atoms with E-state index in [0.717, 1.165) is 22.3 Å². The Morgan fingerprint density at radius 1 is 0.882 bits per heavy atom. The molecule has 0 aliphatic carbocycles. The number of hydrogen-bond acceptors (Lipinski definition) is 3. The molecule has 0 fully saturated rings. The van der Waals surface area contributed by atoms with Crippen LogP contribution >= 0.6 is 0 Å². The highest BCUT2D eigenvalue weighted by molar-refractivity contribution is 5.99. The summed E-state index contributed by atoms with van der Waals surface area (Å²) in [6, 6.07) is 25.2. The molecule has 0 unspecified atom stereocenters. The van der Waals surface area contributed by atoms with Crippen molar-refractivity contribution < 1.29 is 4.79 Å². The number of aryl methyl sites for hydroxylation is 1. The molecule has 166 valence electrons. The van der Waals surface area contributed by atoms with Crippen LogP contribution in [0.3, 0.4) is 0 Å². The van der Waals surface area contributed by atoms with Gasteiger partial charge in [0.15, 0.2) is 0 Å². The normalized spacial score (nSPS) is 10.9. The van der Waals surface area contributed by atoms with Crippen molar-refractivity contribution in [3.8, 4) is 22.5 Å². The minimum absolute atomic E-state index is 0.224. The van der Waals surface area contributed by atoms with Gasteiger partial charge in [0.25, 0.3) is 0 Å². The lowest BCUT2D eigenvalue weighted by Crippen LogP contribution is -2.22. The van der Waals surface area contributed by atoms with E-state index < -0.39 is 0 Å². The quantitative estimate of drug-likeness (QED) is 0.374. The molecule has 0 aliphatic rings. The monoisotopic (exact) mass is 446 g/mol. The number of nitrogens with zero attached hydrogens (tertiary/aromatic N) is 3. The zero-order valence-corrected chi connectivity index (χ0v) is 18.6. The van der Waals surface area contributed by atoms with Crippen LogP contribution in [0.1, 0.15) is 5.56 Å². The van der Waals surface area contributed by atoms with E-state index in [9.17, 15) is 9.59 Å². The van der Waals surface area contributed by atoms with E-state index in [2.05, 4.69) is 42.0 Å². The molecule has 34 heavy (non-hydrogen) atoms. The van der Waals surface area contributed by atoms with Crippen molar-refractivity contribution in [1.82, 2.24) is 14.1 Å². The summed E-state index contributed by atoms with van der Waals surface area (Å²) in [6.07, 6.45) is 4.55. The fourth-order valence-electron chi connectivity index (χ4n) is 4.09. The maximum absolute atomic E-state index is 13.7. The Morgan fingerprint density at radius 2 is 1.65 bits per heavy atom. The topological polar surface area (TPSA) is 68.9 Å². The number of fused-ring (bicyclic) bond motifs is 1. The Morgan fingerprint density at radius 3 is 2.41 bits per heavy atom. The number of anilines is 1. The SMILES string of the molecule is C=CC(=O)Nc1cccc(-n2c(=O)n(-c3ccc(-c4cccc(C)c4)cc3)c3cnccc32)c1. The van der Waals surface area contributed by atoms with Crippen molar-refractivity contribution in [2.24, 2.45) is 0 Å². The van der Waals surface area contributed by atoms with Gasteiger partial charge in [-0.05, 0) is 60.5 Å². The molecule has 5 aromatic rings. The fourth-order valence-corrected chi connectivity index (χ4v) is 4.09.